The van der Waals surface area contributed by atoms with E-state index in [1.807, 2.05) is 36.4 Å². The maximum absolute atomic E-state index is 5.19. The van der Waals surface area contributed by atoms with Gasteiger partial charge in [0.2, 0.25) is 0 Å². The second-order valence-electron chi connectivity index (χ2n) is 3.26. The predicted molar refractivity (Wildman–Crippen MR) is 57.2 cm³/mol. The molecule has 0 spiro atoms. The molecule has 0 aliphatic carbocycles. The van der Waals surface area contributed by atoms with Crippen molar-refractivity contribution in [2.75, 3.05) is 0 Å². The summed E-state index contributed by atoms with van der Waals surface area (Å²) in [6.45, 7) is 0. The zero-order valence-corrected chi connectivity index (χ0v) is 7.92. The molecule has 3 aromatic rings. The van der Waals surface area contributed by atoms with Crippen molar-refractivity contribution in [1.82, 2.24) is 10.1 Å². The summed E-state index contributed by atoms with van der Waals surface area (Å²) in [5, 5.41) is 3.75. The molecule has 0 aliphatic heterocycles. The number of rotatable bonds is 1. The lowest BCUT2D eigenvalue weighted by atomic mass is 10.1. The van der Waals surface area contributed by atoms with Crippen LogP contribution < -0.4 is 0 Å². The minimum Gasteiger partial charge on any atom is -0.354 e. The lowest BCUT2D eigenvalue weighted by molar-refractivity contribution is 0.457. The molecular formula is C12H8N2O. The molecule has 0 unspecified atom stereocenters. The Morgan fingerprint density at radius 1 is 1.00 bits per heavy atom. The second-order valence-corrected chi connectivity index (χ2v) is 3.26. The standard InChI is InChI=1S/C12H8N2O/c1-2-4-9(5-3-1)10-6-7-13-11-8-14-15-12(10)11/h1-8H. The van der Waals surface area contributed by atoms with Gasteiger partial charge in [0.25, 0.3) is 0 Å². The lowest BCUT2D eigenvalue weighted by Crippen LogP contribution is -1.79. The predicted octanol–water partition coefficient (Wildman–Crippen LogP) is 2.89. The first-order valence-electron chi connectivity index (χ1n) is 4.70. The highest BCUT2D eigenvalue weighted by Gasteiger charge is 2.07. The Hall–Kier alpha value is -2.16. The van der Waals surface area contributed by atoms with Gasteiger partial charge in [-0.2, -0.15) is 0 Å². The van der Waals surface area contributed by atoms with Crippen molar-refractivity contribution in [3.63, 3.8) is 0 Å². The molecule has 0 amide bonds. The van der Waals surface area contributed by atoms with Crippen LogP contribution in [0.5, 0.6) is 0 Å². The number of benzene rings is 1. The zero-order valence-electron chi connectivity index (χ0n) is 7.92. The quantitative estimate of drug-likeness (QED) is 0.600. The fourth-order valence-corrected chi connectivity index (χ4v) is 1.63. The van der Waals surface area contributed by atoms with E-state index in [1.165, 1.54) is 0 Å². The van der Waals surface area contributed by atoms with E-state index >= 15 is 0 Å². The van der Waals surface area contributed by atoms with Gasteiger partial charge in [-0.3, -0.25) is 4.98 Å². The van der Waals surface area contributed by atoms with Gasteiger partial charge >= 0.3 is 0 Å². The average Bonchev–Trinajstić information content (AvgIpc) is 2.78. The fourth-order valence-electron chi connectivity index (χ4n) is 1.63. The highest BCUT2D eigenvalue weighted by molar-refractivity contribution is 5.88. The van der Waals surface area contributed by atoms with Gasteiger partial charge in [0.15, 0.2) is 5.58 Å². The normalized spacial score (nSPS) is 10.7. The maximum Gasteiger partial charge on any atom is 0.193 e. The molecule has 3 rings (SSSR count). The summed E-state index contributed by atoms with van der Waals surface area (Å²) in [7, 11) is 0. The van der Waals surface area contributed by atoms with Crippen molar-refractivity contribution in [3.05, 3.63) is 48.8 Å². The second kappa shape index (κ2) is 3.20. The van der Waals surface area contributed by atoms with Crippen LogP contribution in [-0.2, 0) is 0 Å². The molecule has 0 bridgehead atoms. The fraction of sp³-hybridized carbons (Fsp3) is 0. The number of nitrogens with zero attached hydrogens (tertiary/aromatic N) is 2. The monoisotopic (exact) mass is 196 g/mol. The van der Waals surface area contributed by atoms with Crippen LogP contribution in [-0.4, -0.2) is 10.1 Å². The molecular weight excluding hydrogens is 188 g/mol. The molecule has 0 radical (unpaired) electrons. The Kier molecular flexibility index (Phi) is 1.75. The summed E-state index contributed by atoms with van der Waals surface area (Å²) in [6, 6.07) is 12.0. The van der Waals surface area contributed by atoms with Crippen molar-refractivity contribution < 1.29 is 4.52 Å². The topological polar surface area (TPSA) is 38.9 Å². The Morgan fingerprint density at radius 3 is 2.73 bits per heavy atom. The van der Waals surface area contributed by atoms with Crippen LogP contribution in [0.3, 0.4) is 0 Å². The van der Waals surface area contributed by atoms with E-state index < -0.39 is 0 Å². The number of hydrogen-bond donors (Lipinski definition) is 0. The van der Waals surface area contributed by atoms with Gasteiger partial charge in [0, 0.05) is 11.8 Å². The van der Waals surface area contributed by atoms with Crippen LogP contribution in [0.1, 0.15) is 0 Å². The molecule has 3 heteroatoms. The third-order valence-corrected chi connectivity index (χ3v) is 2.34. The van der Waals surface area contributed by atoms with Crippen molar-refractivity contribution in [2.45, 2.75) is 0 Å². The summed E-state index contributed by atoms with van der Waals surface area (Å²) in [5.41, 5.74) is 3.67. The third kappa shape index (κ3) is 1.29. The van der Waals surface area contributed by atoms with Gasteiger partial charge in [-0.25, -0.2) is 0 Å². The van der Waals surface area contributed by atoms with Gasteiger partial charge in [0.1, 0.15) is 5.52 Å². The van der Waals surface area contributed by atoms with E-state index in [0.29, 0.717) is 0 Å². The Labute approximate surface area is 86.4 Å². The summed E-state index contributed by atoms with van der Waals surface area (Å²) in [5.74, 6) is 0. The summed E-state index contributed by atoms with van der Waals surface area (Å²) < 4.78 is 5.19. The van der Waals surface area contributed by atoms with Gasteiger partial charge in [-0.1, -0.05) is 35.5 Å². The molecule has 0 saturated heterocycles. The number of aromatic nitrogens is 2. The highest BCUT2D eigenvalue weighted by Crippen LogP contribution is 2.26. The van der Waals surface area contributed by atoms with E-state index in [9.17, 15) is 0 Å². The van der Waals surface area contributed by atoms with Crippen LogP contribution in [0.2, 0.25) is 0 Å². The van der Waals surface area contributed by atoms with Crippen molar-refractivity contribution in [2.24, 2.45) is 0 Å². The third-order valence-electron chi connectivity index (χ3n) is 2.34. The van der Waals surface area contributed by atoms with E-state index in [1.54, 1.807) is 12.4 Å². The van der Waals surface area contributed by atoms with Crippen LogP contribution in [0.15, 0.2) is 53.3 Å². The summed E-state index contributed by atoms with van der Waals surface area (Å²) in [6.07, 6.45) is 3.39. The van der Waals surface area contributed by atoms with Crippen LogP contribution in [0, 0.1) is 0 Å². The smallest absolute Gasteiger partial charge is 0.193 e. The van der Waals surface area contributed by atoms with Crippen LogP contribution >= 0.6 is 0 Å². The Balaban J connectivity index is 2.31. The SMILES string of the molecule is c1ccc(-c2ccnc3cnoc23)cc1. The van der Waals surface area contributed by atoms with Crippen molar-refractivity contribution in [1.29, 1.82) is 0 Å². The first kappa shape index (κ1) is 8.17. The molecule has 2 aromatic heterocycles. The highest BCUT2D eigenvalue weighted by atomic mass is 16.5. The average molecular weight is 196 g/mol. The van der Waals surface area contributed by atoms with Gasteiger partial charge in [-0.05, 0) is 11.6 Å². The van der Waals surface area contributed by atoms with E-state index in [-0.39, 0.29) is 0 Å². The molecule has 0 fully saturated rings. The first-order valence-corrected chi connectivity index (χ1v) is 4.70. The Morgan fingerprint density at radius 2 is 1.87 bits per heavy atom. The van der Waals surface area contributed by atoms with Gasteiger partial charge in [-0.15, -0.1) is 0 Å². The van der Waals surface area contributed by atoms with Crippen LogP contribution in [0.25, 0.3) is 22.2 Å². The largest absolute Gasteiger partial charge is 0.354 e. The molecule has 0 atom stereocenters. The van der Waals surface area contributed by atoms with E-state index in [2.05, 4.69) is 10.1 Å². The van der Waals surface area contributed by atoms with Crippen molar-refractivity contribution in [3.8, 4) is 11.1 Å². The minimum atomic E-state index is 0.740. The maximum atomic E-state index is 5.19. The molecule has 72 valence electrons. The zero-order chi connectivity index (χ0) is 10.1. The molecule has 1 aromatic carbocycles. The summed E-state index contributed by atoms with van der Waals surface area (Å²) >= 11 is 0. The van der Waals surface area contributed by atoms with Crippen molar-refractivity contribution >= 4 is 11.1 Å². The van der Waals surface area contributed by atoms with Gasteiger partial charge < -0.3 is 4.52 Å². The molecule has 0 aliphatic rings. The number of pyridine rings is 1. The van der Waals surface area contributed by atoms with Crippen LogP contribution in [0.4, 0.5) is 0 Å². The first-order chi connectivity index (χ1) is 7.45. The van der Waals surface area contributed by atoms with E-state index in [0.717, 1.165) is 22.2 Å². The van der Waals surface area contributed by atoms with E-state index in [4.69, 9.17) is 4.52 Å². The number of hydrogen-bond acceptors (Lipinski definition) is 3. The molecule has 15 heavy (non-hydrogen) atoms. The summed E-state index contributed by atoms with van der Waals surface area (Å²) in [4.78, 5) is 4.17. The molecule has 3 nitrogen and oxygen atoms in total. The molecule has 0 N–H and O–H groups in total. The number of fused-ring (bicyclic) bond motifs is 1. The molecule has 2 heterocycles. The molecule has 0 saturated carbocycles. The minimum absolute atomic E-state index is 0.740. The Bertz CT molecular complexity index is 587. The van der Waals surface area contributed by atoms with Gasteiger partial charge in [0.05, 0.1) is 6.20 Å². The lowest BCUT2D eigenvalue weighted by Gasteiger charge is -1.99.